The minimum absolute atomic E-state index is 0.106. The smallest absolute Gasteiger partial charge is 0.339 e. The average molecular weight is 305 g/mol. The van der Waals surface area contributed by atoms with Crippen molar-refractivity contribution >= 4 is 21.9 Å². The number of carboxylic acid groups (broad SMARTS) is 1. The van der Waals surface area contributed by atoms with Crippen molar-refractivity contribution in [1.82, 2.24) is 0 Å². The third-order valence-electron chi connectivity index (χ3n) is 2.06. The van der Waals surface area contributed by atoms with E-state index in [0.717, 1.165) is 5.56 Å². The zero-order chi connectivity index (χ0) is 12.8. The van der Waals surface area contributed by atoms with Gasteiger partial charge in [0.15, 0.2) is 0 Å². The van der Waals surface area contributed by atoms with E-state index in [2.05, 4.69) is 15.9 Å². The Balaban J connectivity index is 2.96. The SMILES string of the molecule is COCOCc1cc(OC)c(C(=O)O)cc1Br. The first-order chi connectivity index (χ1) is 8.10. The Morgan fingerprint density at radius 1 is 1.41 bits per heavy atom. The number of hydrogen-bond acceptors (Lipinski definition) is 4. The van der Waals surface area contributed by atoms with Crippen molar-refractivity contribution in [2.24, 2.45) is 0 Å². The van der Waals surface area contributed by atoms with Gasteiger partial charge in [-0.15, -0.1) is 0 Å². The highest BCUT2D eigenvalue weighted by Crippen LogP contribution is 2.28. The topological polar surface area (TPSA) is 65.0 Å². The van der Waals surface area contributed by atoms with E-state index in [4.69, 9.17) is 19.3 Å². The lowest BCUT2D eigenvalue weighted by Crippen LogP contribution is -2.04. The van der Waals surface area contributed by atoms with Gasteiger partial charge in [0.25, 0.3) is 0 Å². The fourth-order valence-electron chi connectivity index (χ4n) is 1.28. The molecule has 0 amide bonds. The molecule has 17 heavy (non-hydrogen) atoms. The summed E-state index contributed by atoms with van der Waals surface area (Å²) in [5.74, 6) is -0.733. The second-order valence-corrected chi connectivity index (χ2v) is 4.06. The van der Waals surface area contributed by atoms with Crippen LogP contribution in [-0.4, -0.2) is 32.1 Å². The minimum atomic E-state index is -1.04. The standard InChI is InChI=1S/C11H13BrO5/c1-15-6-17-5-7-3-10(16-2)8(11(13)14)4-9(7)12/h3-4H,5-6H2,1-2H3,(H,13,14). The summed E-state index contributed by atoms with van der Waals surface area (Å²) in [6, 6.07) is 3.12. The number of rotatable bonds is 6. The summed E-state index contributed by atoms with van der Waals surface area (Å²) in [4.78, 5) is 11.0. The molecular formula is C11H13BrO5. The molecule has 0 aromatic heterocycles. The number of methoxy groups -OCH3 is 2. The highest BCUT2D eigenvalue weighted by molar-refractivity contribution is 9.10. The van der Waals surface area contributed by atoms with Crippen LogP contribution in [-0.2, 0) is 16.1 Å². The predicted octanol–water partition coefficient (Wildman–Crippen LogP) is 2.28. The molecule has 5 nitrogen and oxygen atoms in total. The van der Waals surface area contributed by atoms with Crippen LogP contribution in [0.4, 0.5) is 0 Å². The largest absolute Gasteiger partial charge is 0.496 e. The van der Waals surface area contributed by atoms with Crippen molar-refractivity contribution in [3.8, 4) is 5.75 Å². The van der Waals surface area contributed by atoms with Gasteiger partial charge in [-0.2, -0.15) is 0 Å². The Hall–Kier alpha value is -1.11. The van der Waals surface area contributed by atoms with Crippen LogP contribution in [0.5, 0.6) is 5.75 Å². The van der Waals surface area contributed by atoms with Crippen molar-refractivity contribution in [3.05, 3.63) is 27.7 Å². The third kappa shape index (κ3) is 3.69. The normalized spacial score (nSPS) is 10.3. The van der Waals surface area contributed by atoms with Gasteiger partial charge in [-0.3, -0.25) is 0 Å². The molecule has 1 aromatic rings. The zero-order valence-corrected chi connectivity index (χ0v) is 11.1. The highest BCUT2D eigenvalue weighted by atomic mass is 79.9. The minimum Gasteiger partial charge on any atom is -0.496 e. The van der Waals surface area contributed by atoms with Crippen molar-refractivity contribution in [3.63, 3.8) is 0 Å². The molecular weight excluding hydrogens is 292 g/mol. The highest BCUT2D eigenvalue weighted by Gasteiger charge is 2.14. The molecule has 0 aliphatic carbocycles. The number of aromatic carboxylic acids is 1. The van der Waals surface area contributed by atoms with E-state index < -0.39 is 5.97 Å². The fraction of sp³-hybridized carbons (Fsp3) is 0.364. The molecule has 1 rings (SSSR count). The van der Waals surface area contributed by atoms with Crippen LogP contribution >= 0.6 is 15.9 Å². The summed E-state index contributed by atoms with van der Waals surface area (Å²) in [7, 11) is 2.96. The summed E-state index contributed by atoms with van der Waals surface area (Å²) < 4.78 is 15.6. The Bertz CT molecular complexity index is 405. The van der Waals surface area contributed by atoms with Crippen LogP contribution in [0.1, 0.15) is 15.9 Å². The van der Waals surface area contributed by atoms with Crippen LogP contribution in [0.15, 0.2) is 16.6 Å². The maximum Gasteiger partial charge on any atom is 0.339 e. The summed E-state index contributed by atoms with van der Waals surface area (Å²) in [6.07, 6.45) is 0. The van der Waals surface area contributed by atoms with E-state index in [1.807, 2.05) is 0 Å². The second-order valence-electron chi connectivity index (χ2n) is 3.20. The molecule has 0 saturated heterocycles. The first-order valence-electron chi connectivity index (χ1n) is 4.76. The van der Waals surface area contributed by atoms with Gasteiger partial charge < -0.3 is 19.3 Å². The van der Waals surface area contributed by atoms with Gasteiger partial charge in [0.05, 0.1) is 13.7 Å². The van der Waals surface area contributed by atoms with Gasteiger partial charge in [0.2, 0.25) is 0 Å². The zero-order valence-electron chi connectivity index (χ0n) is 9.53. The molecule has 0 aliphatic rings. The molecule has 0 atom stereocenters. The number of carbonyl (C=O) groups is 1. The maximum atomic E-state index is 11.0. The number of carboxylic acids is 1. The van der Waals surface area contributed by atoms with Crippen LogP contribution in [0.25, 0.3) is 0 Å². The van der Waals surface area contributed by atoms with E-state index in [1.165, 1.54) is 20.3 Å². The number of halogens is 1. The van der Waals surface area contributed by atoms with Gasteiger partial charge >= 0.3 is 5.97 Å². The summed E-state index contributed by atoms with van der Waals surface area (Å²) in [6.45, 7) is 0.486. The van der Waals surface area contributed by atoms with E-state index in [1.54, 1.807) is 6.07 Å². The van der Waals surface area contributed by atoms with Crippen LogP contribution < -0.4 is 4.74 Å². The number of ether oxygens (including phenoxy) is 3. The van der Waals surface area contributed by atoms with Crippen molar-refractivity contribution in [2.75, 3.05) is 21.0 Å². The molecule has 94 valence electrons. The molecule has 0 bridgehead atoms. The molecule has 0 heterocycles. The van der Waals surface area contributed by atoms with Crippen molar-refractivity contribution in [1.29, 1.82) is 0 Å². The van der Waals surface area contributed by atoms with Crippen molar-refractivity contribution < 1.29 is 24.1 Å². The van der Waals surface area contributed by atoms with Crippen LogP contribution in [0.2, 0.25) is 0 Å². The lowest BCUT2D eigenvalue weighted by molar-refractivity contribution is -0.0392. The van der Waals surface area contributed by atoms with Gasteiger partial charge in [0, 0.05) is 11.6 Å². The molecule has 0 saturated carbocycles. The monoisotopic (exact) mass is 304 g/mol. The van der Waals surface area contributed by atoms with E-state index in [-0.39, 0.29) is 12.4 Å². The summed E-state index contributed by atoms with van der Waals surface area (Å²) >= 11 is 3.29. The van der Waals surface area contributed by atoms with Gasteiger partial charge in [-0.05, 0) is 17.7 Å². The number of benzene rings is 1. The van der Waals surface area contributed by atoms with Gasteiger partial charge in [-0.1, -0.05) is 15.9 Å². The first-order valence-corrected chi connectivity index (χ1v) is 5.55. The Kier molecular flexibility index (Phi) is 5.40. The first kappa shape index (κ1) is 14.0. The average Bonchev–Trinajstić information content (AvgIpc) is 2.30. The van der Waals surface area contributed by atoms with Crippen LogP contribution in [0, 0.1) is 0 Å². The molecule has 0 fully saturated rings. The Labute approximate surface area is 107 Å². The van der Waals surface area contributed by atoms with E-state index in [0.29, 0.717) is 16.8 Å². The molecule has 1 aromatic carbocycles. The molecule has 1 N–H and O–H groups in total. The van der Waals surface area contributed by atoms with Crippen LogP contribution in [0.3, 0.4) is 0 Å². The molecule has 6 heteroatoms. The van der Waals surface area contributed by atoms with Gasteiger partial charge in [-0.25, -0.2) is 4.79 Å². The fourth-order valence-corrected chi connectivity index (χ4v) is 1.73. The molecule has 0 radical (unpaired) electrons. The Morgan fingerprint density at radius 2 is 2.12 bits per heavy atom. The maximum absolute atomic E-state index is 11.0. The van der Waals surface area contributed by atoms with E-state index in [9.17, 15) is 4.79 Å². The van der Waals surface area contributed by atoms with Gasteiger partial charge in [0.1, 0.15) is 18.1 Å². The summed E-state index contributed by atoms with van der Waals surface area (Å²) in [5.41, 5.74) is 0.902. The molecule has 0 aliphatic heterocycles. The van der Waals surface area contributed by atoms with Crippen molar-refractivity contribution in [2.45, 2.75) is 6.61 Å². The summed E-state index contributed by atoms with van der Waals surface area (Å²) in [5, 5.41) is 8.97. The lowest BCUT2D eigenvalue weighted by Gasteiger charge is -2.10. The predicted molar refractivity (Wildman–Crippen MR) is 64.3 cm³/mol. The quantitative estimate of drug-likeness (QED) is 0.645. The van der Waals surface area contributed by atoms with E-state index >= 15 is 0 Å². The lowest BCUT2D eigenvalue weighted by atomic mass is 10.1. The molecule has 0 unspecified atom stereocenters. The second kappa shape index (κ2) is 6.58. The number of hydrogen-bond donors (Lipinski definition) is 1. The Morgan fingerprint density at radius 3 is 2.65 bits per heavy atom. The molecule has 0 spiro atoms. The third-order valence-corrected chi connectivity index (χ3v) is 2.80.